The first-order chi connectivity index (χ1) is 18.8. The highest BCUT2D eigenvalue weighted by molar-refractivity contribution is 6.31. The van der Waals surface area contributed by atoms with E-state index in [2.05, 4.69) is 11.4 Å². The van der Waals surface area contributed by atoms with Crippen LogP contribution in [-0.4, -0.2) is 66.4 Å². The van der Waals surface area contributed by atoms with Gasteiger partial charge >= 0.3 is 0 Å². The number of halogens is 4. The molecular weight excluding hydrogens is 559 g/mol. The van der Waals surface area contributed by atoms with E-state index in [1.54, 1.807) is 11.0 Å². The van der Waals surface area contributed by atoms with Gasteiger partial charge in [-0.2, -0.15) is 5.26 Å². The molecule has 2 aliphatic heterocycles. The minimum atomic E-state index is -1.68. The van der Waals surface area contributed by atoms with E-state index in [0.29, 0.717) is 32.6 Å². The Labute approximate surface area is 243 Å². The first kappa shape index (κ1) is 30.2. The van der Waals surface area contributed by atoms with Crippen molar-refractivity contribution in [1.82, 2.24) is 15.1 Å². The topological polar surface area (TPSA) is 102 Å². The third-order valence-electron chi connectivity index (χ3n) is 7.78. The molecule has 0 saturated carbocycles. The average molecular weight is 593 g/mol. The molecule has 0 spiro atoms. The van der Waals surface area contributed by atoms with Gasteiger partial charge in [-0.15, -0.1) is 0 Å². The zero-order chi connectivity index (χ0) is 29.4. The van der Waals surface area contributed by atoms with Crippen LogP contribution in [0.15, 0.2) is 36.4 Å². The SMILES string of the molecule is CC(C)(C)CC1N[C@@H](C(=O)N2CCN(CC(N)=O)CC2)C(c2cccc(Cl)c2F)[C@@]1(C#N)c1ccc(Cl)cc1F. The molecule has 0 radical (unpaired) electrons. The largest absolute Gasteiger partial charge is 0.369 e. The number of amides is 2. The van der Waals surface area contributed by atoms with Gasteiger partial charge < -0.3 is 16.0 Å². The minimum absolute atomic E-state index is 0.0344. The van der Waals surface area contributed by atoms with Crippen LogP contribution >= 0.6 is 23.2 Å². The molecule has 2 unspecified atom stereocenters. The molecule has 0 aliphatic carbocycles. The second kappa shape index (κ2) is 11.6. The lowest BCUT2D eigenvalue weighted by Gasteiger charge is -2.38. The van der Waals surface area contributed by atoms with Gasteiger partial charge in [-0.1, -0.05) is 62.2 Å². The molecule has 2 aromatic carbocycles. The summed E-state index contributed by atoms with van der Waals surface area (Å²) >= 11 is 12.3. The number of piperazine rings is 1. The van der Waals surface area contributed by atoms with Gasteiger partial charge in [0, 0.05) is 48.7 Å². The van der Waals surface area contributed by atoms with E-state index >= 15 is 8.78 Å². The maximum absolute atomic E-state index is 15.8. The zero-order valence-corrected chi connectivity index (χ0v) is 24.2. The van der Waals surface area contributed by atoms with Crippen LogP contribution in [0.1, 0.15) is 44.2 Å². The standard InChI is InChI=1S/C29H33Cl2F2N5O2/c1-28(2,3)14-22-29(16-34,19-8-7-17(30)13-21(19)32)24(18-5-4-6-20(31)25(18)33)26(36-22)27(40)38-11-9-37(10-12-38)15-23(35)39/h4-8,13,22,24,26,36H,9-12,14-15H2,1-3H3,(H2,35,39)/t22?,24?,26-,29+/m1/s1. The molecule has 214 valence electrons. The number of carbonyl (C=O) groups excluding carboxylic acids is 2. The number of primary amides is 1. The lowest BCUT2D eigenvalue weighted by Crippen LogP contribution is -2.55. The van der Waals surface area contributed by atoms with Gasteiger partial charge in [0.25, 0.3) is 0 Å². The van der Waals surface area contributed by atoms with E-state index < -0.39 is 41.0 Å². The molecule has 2 aliphatic rings. The molecule has 4 atom stereocenters. The van der Waals surface area contributed by atoms with Crippen LogP contribution < -0.4 is 11.1 Å². The Kier molecular flexibility index (Phi) is 8.77. The van der Waals surface area contributed by atoms with Gasteiger partial charge in [-0.25, -0.2) is 8.78 Å². The van der Waals surface area contributed by atoms with E-state index in [0.717, 1.165) is 6.07 Å². The van der Waals surface area contributed by atoms with Gasteiger partial charge in [-0.3, -0.25) is 14.5 Å². The molecule has 3 N–H and O–H groups in total. The fourth-order valence-corrected chi connectivity index (χ4v) is 6.43. The Morgan fingerprint density at radius 3 is 2.40 bits per heavy atom. The number of carbonyl (C=O) groups is 2. The molecule has 2 amide bonds. The zero-order valence-electron chi connectivity index (χ0n) is 22.7. The Morgan fingerprint density at radius 1 is 1.15 bits per heavy atom. The quantitative estimate of drug-likeness (QED) is 0.523. The molecule has 11 heteroatoms. The van der Waals surface area contributed by atoms with E-state index in [9.17, 15) is 14.9 Å². The predicted octanol–water partition coefficient (Wildman–Crippen LogP) is 4.22. The minimum Gasteiger partial charge on any atom is -0.369 e. The van der Waals surface area contributed by atoms with Gasteiger partial charge in [0.05, 0.1) is 23.7 Å². The number of nitrogens with one attached hydrogen (secondary N) is 1. The fraction of sp³-hybridized carbons (Fsp3) is 0.483. The summed E-state index contributed by atoms with van der Waals surface area (Å²) in [6, 6.07) is 9.09. The number of nitrogens with zero attached hydrogens (tertiary/aromatic N) is 3. The smallest absolute Gasteiger partial charge is 0.240 e. The van der Waals surface area contributed by atoms with Crippen LogP contribution in [-0.2, 0) is 15.0 Å². The highest BCUT2D eigenvalue weighted by atomic mass is 35.5. The van der Waals surface area contributed by atoms with Crippen molar-refractivity contribution in [3.05, 3.63) is 69.2 Å². The van der Waals surface area contributed by atoms with Gasteiger partial charge in [0.15, 0.2) is 0 Å². The molecular formula is C29H33Cl2F2N5O2. The van der Waals surface area contributed by atoms with E-state index in [1.165, 1.54) is 24.3 Å². The van der Waals surface area contributed by atoms with Crippen LogP contribution in [0.25, 0.3) is 0 Å². The summed E-state index contributed by atoms with van der Waals surface area (Å²) < 4.78 is 31.5. The van der Waals surface area contributed by atoms with Gasteiger partial charge in [0.1, 0.15) is 17.0 Å². The second-order valence-corrected chi connectivity index (χ2v) is 12.6. The number of rotatable bonds is 6. The van der Waals surface area contributed by atoms with Crippen LogP contribution in [0.3, 0.4) is 0 Å². The van der Waals surface area contributed by atoms with E-state index in [1.807, 2.05) is 25.7 Å². The lowest BCUT2D eigenvalue weighted by molar-refractivity contribution is -0.135. The summed E-state index contributed by atoms with van der Waals surface area (Å²) in [4.78, 5) is 29.0. The monoisotopic (exact) mass is 591 g/mol. The summed E-state index contributed by atoms with van der Waals surface area (Å²) in [5.74, 6) is -3.38. The van der Waals surface area contributed by atoms with Crippen LogP contribution in [0, 0.1) is 28.4 Å². The van der Waals surface area contributed by atoms with Crippen molar-refractivity contribution in [3.63, 3.8) is 0 Å². The molecule has 2 heterocycles. The molecule has 40 heavy (non-hydrogen) atoms. The Hall–Kier alpha value is -2.77. The molecule has 7 nitrogen and oxygen atoms in total. The maximum atomic E-state index is 15.8. The predicted molar refractivity (Wildman–Crippen MR) is 150 cm³/mol. The average Bonchev–Trinajstić information content (AvgIpc) is 3.18. The number of benzene rings is 2. The number of nitriles is 1. The number of hydrogen-bond donors (Lipinski definition) is 2. The van der Waals surface area contributed by atoms with Gasteiger partial charge in [0.2, 0.25) is 11.8 Å². The van der Waals surface area contributed by atoms with E-state index in [-0.39, 0.29) is 39.0 Å². The van der Waals surface area contributed by atoms with Crippen molar-refractivity contribution in [2.24, 2.45) is 11.1 Å². The van der Waals surface area contributed by atoms with Crippen LogP contribution in [0.5, 0.6) is 0 Å². The fourth-order valence-electron chi connectivity index (χ4n) is 6.09. The van der Waals surface area contributed by atoms with E-state index in [4.69, 9.17) is 28.9 Å². The Morgan fingerprint density at radius 2 is 1.82 bits per heavy atom. The first-order valence-electron chi connectivity index (χ1n) is 13.1. The maximum Gasteiger partial charge on any atom is 0.240 e. The molecule has 2 fully saturated rings. The summed E-state index contributed by atoms with van der Waals surface area (Å²) in [5, 5.41) is 14.3. The lowest BCUT2D eigenvalue weighted by atomic mass is 9.62. The number of hydrogen-bond acceptors (Lipinski definition) is 5. The Balaban J connectivity index is 1.87. The molecule has 0 bridgehead atoms. The van der Waals surface area contributed by atoms with Gasteiger partial charge in [-0.05, 0) is 35.6 Å². The van der Waals surface area contributed by atoms with Crippen molar-refractivity contribution < 1.29 is 18.4 Å². The highest BCUT2D eigenvalue weighted by Crippen LogP contribution is 2.53. The van der Waals surface area contributed by atoms with Crippen LogP contribution in [0.2, 0.25) is 10.0 Å². The molecule has 2 saturated heterocycles. The third-order valence-corrected chi connectivity index (χ3v) is 8.31. The highest BCUT2D eigenvalue weighted by Gasteiger charge is 2.61. The first-order valence-corrected chi connectivity index (χ1v) is 13.9. The van der Waals surface area contributed by atoms with Crippen molar-refractivity contribution in [2.75, 3.05) is 32.7 Å². The molecule has 2 aromatic rings. The molecule has 4 rings (SSSR count). The Bertz CT molecular complexity index is 1340. The third kappa shape index (κ3) is 5.82. The summed E-state index contributed by atoms with van der Waals surface area (Å²) in [6.07, 6.45) is 0.386. The van der Waals surface area contributed by atoms with Crippen molar-refractivity contribution in [1.29, 1.82) is 5.26 Å². The van der Waals surface area contributed by atoms with Crippen LogP contribution in [0.4, 0.5) is 8.78 Å². The summed E-state index contributed by atoms with van der Waals surface area (Å²) in [5.41, 5.74) is 3.40. The summed E-state index contributed by atoms with van der Waals surface area (Å²) in [7, 11) is 0. The second-order valence-electron chi connectivity index (χ2n) is 11.8. The normalized spacial score (nSPS) is 25.6. The van der Waals surface area contributed by atoms with Crippen molar-refractivity contribution >= 4 is 35.0 Å². The van der Waals surface area contributed by atoms with Crippen molar-refractivity contribution in [3.8, 4) is 6.07 Å². The molecule has 0 aromatic heterocycles. The number of nitrogens with two attached hydrogens (primary N) is 1. The van der Waals surface area contributed by atoms with Crippen molar-refractivity contribution in [2.45, 2.75) is 50.6 Å². The summed E-state index contributed by atoms with van der Waals surface area (Å²) in [6.45, 7) is 7.52.